The lowest BCUT2D eigenvalue weighted by Gasteiger charge is -2.24. The highest BCUT2D eigenvalue weighted by molar-refractivity contribution is 6.30. The molecule has 0 fully saturated rings. The molecule has 1 aliphatic heterocycles. The first kappa shape index (κ1) is 14.1. The van der Waals surface area contributed by atoms with Gasteiger partial charge in [-0.2, -0.15) is 0 Å². The summed E-state index contributed by atoms with van der Waals surface area (Å²) in [5.74, 6) is 0.171. The van der Waals surface area contributed by atoms with Crippen molar-refractivity contribution in [3.63, 3.8) is 0 Å². The van der Waals surface area contributed by atoms with Crippen molar-refractivity contribution in [2.45, 2.75) is 12.8 Å². The van der Waals surface area contributed by atoms with Gasteiger partial charge in [0.25, 0.3) is 0 Å². The largest absolute Gasteiger partial charge is 0.493 e. The Labute approximate surface area is 127 Å². The molecule has 0 aromatic heterocycles. The third-order valence-electron chi connectivity index (χ3n) is 3.71. The van der Waals surface area contributed by atoms with Crippen molar-refractivity contribution in [3.05, 3.63) is 64.4 Å². The molecule has 21 heavy (non-hydrogen) atoms. The average molecular weight is 305 g/mol. The van der Waals surface area contributed by atoms with Gasteiger partial charge in [0.05, 0.1) is 12.5 Å². The van der Waals surface area contributed by atoms with Crippen LogP contribution in [0.3, 0.4) is 0 Å². The number of benzene rings is 2. The van der Waals surface area contributed by atoms with Crippen molar-refractivity contribution in [3.8, 4) is 5.75 Å². The van der Waals surface area contributed by atoms with Crippen LogP contribution in [-0.2, 0) is 17.6 Å². The van der Waals surface area contributed by atoms with E-state index in [1.165, 1.54) is 18.2 Å². The van der Waals surface area contributed by atoms with Crippen molar-refractivity contribution in [2.75, 3.05) is 6.61 Å². The molecule has 108 valence electrons. The fraction of sp³-hybridized carbons (Fsp3) is 0.235. The second kappa shape index (κ2) is 5.86. The molecule has 0 saturated heterocycles. The molecule has 2 aromatic carbocycles. The highest BCUT2D eigenvalue weighted by Gasteiger charge is 2.26. The summed E-state index contributed by atoms with van der Waals surface area (Å²) < 4.78 is 19.3. The monoisotopic (exact) mass is 304 g/mol. The van der Waals surface area contributed by atoms with E-state index in [-0.39, 0.29) is 18.1 Å². The standard InChI is InChI=1S/C17H14ClFO2/c18-14-5-6-15(19)12(8-14)9-16(20)13-7-11-3-1-2-4-17(11)21-10-13/h1-6,8,13H,7,9-10H2. The van der Waals surface area contributed by atoms with Crippen LogP contribution in [0.1, 0.15) is 11.1 Å². The fourth-order valence-corrected chi connectivity index (χ4v) is 2.74. The number of Topliss-reactive ketones (excluding diaryl/α,β-unsaturated/α-hetero) is 1. The summed E-state index contributed by atoms with van der Waals surface area (Å²) in [7, 11) is 0. The number of hydrogen-bond acceptors (Lipinski definition) is 2. The summed E-state index contributed by atoms with van der Waals surface area (Å²) in [5.41, 5.74) is 1.36. The van der Waals surface area contributed by atoms with Gasteiger partial charge >= 0.3 is 0 Å². The molecule has 2 aromatic rings. The zero-order valence-electron chi connectivity index (χ0n) is 11.3. The maximum absolute atomic E-state index is 13.7. The molecule has 0 aliphatic carbocycles. The van der Waals surface area contributed by atoms with Gasteiger partial charge in [-0.1, -0.05) is 29.8 Å². The Bertz CT molecular complexity index is 684. The number of fused-ring (bicyclic) bond motifs is 1. The van der Waals surface area contributed by atoms with Crippen LogP contribution >= 0.6 is 11.6 Å². The van der Waals surface area contributed by atoms with Crippen LogP contribution in [0.25, 0.3) is 0 Å². The molecule has 1 heterocycles. The number of para-hydroxylation sites is 1. The normalized spacial score (nSPS) is 17.0. The SMILES string of the molecule is O=C(Cc1cc(Cl)ccc1F)C1COc2ccccc2C1. The maximum atomic E-state index is 13.7. The number of ether oxygens (including phenoxy) is 1. The summed E-state index contributed by atoms with van der Waals surface area (Å²) in [4.78, 5) is 12.4. The van der Waals surface area contributed by atoms with Gasteiger partial charge in [0.1, 0.15) is 17.3 Å². The molecule has 0 amide bonds. The van der Waals surface area contributed by atoms with E-state index in [9.17, 15) is 9.18 Å². The van der Waals surface area contributed by atoms with E-state index in [0.717, 1.165) is 11.3 Å². The van der Waals surface area contributed by atoms with Crippen molar-refractivity contribution >= 4 is 17.4 Å². The first-order valence-electron chi connectivity index (χ1n) is 6.81. The summed E-state index contributed by atoms with van der Waals surface area (Å²) in [6, 6.07) is 11.9. The highest BCUT2D eigenvalue weighted by Crippen LogP contribution is 2.28. The number of hydrogen-bond donors (Lipinski definition) is 0. The summed E-state index contributed by atoms with van der Waals surface area (Å²) in [6.45, 7) is 0.345. The van der Waals surface area contributed by atoms with Crippen molar-refractivity contribution in [1.82, 2.24) is 0 Å². The topological polar surface area (TPSA) is 26.3 Å². The quantitative estimate of drug-likeness (QED) is 0.861. The Hall–Kier alpha value is -1.87. The van der Waals surface area contributed by atoms with Crippen molar-refractivity contribution in [2.24, 2.45) is 5.92 Å². The minimum atomic E-state index is -0.398. The lowest BCUT2D eigenvalue weighted by Crippen LogP contribution is -2.29. The minimum absolute atomic E-state index is 0.0225. The number of ketones is 1. The predicted molar refractivity (Wildman–Crippen MR) is 79.3 cm³/mol. The Morgan fingerprint density at radius 1 is 1.29 bits per heavy atom. The first-order valence-corrected chi connectivity index (χ1v) is 7.18. The first-order chi connectivity index (χ1) is 10.1. The lowest BCUT2D eigenvalue weighted by atomic mass is 9.90. The van der Waals surface area contributed by atoms with E-state index in [4.69, 9.17) is 16.3 Å². The van der Waals surface area contributed by atoms with Gasteiger partial charge in [-0.25, -0.2) is 4.39 Å². The number of halogens is 2. The van der Waals surface area contributed by atoms with E-state index >= 15 is 0 Å². The van der Waals surface area contributed by atoms with Crippen LogP contribution < -0.4 is 4.74 Å². The third kappa shape index (κ3) is 3.08. The summed E-state index contributed by atoms with van der Waals surface area (Å²) >= 11 is 5.85. The van der Waals surface area contributed by atoms with Gasteiger partial charge in [-0.3, -0.25) is 4.79 Å². The smallest absolute Gasteiger partial charge is 0.144 e. The molecule has 4 heteroatoms. The second-order valence-corrected chi connectivity index (χ2v) is 5.64. The molecule has 0 spiro atoms. The fourth-order valence-electron chi connectivity index (χ4n) is 2.55. The Morgan fingerprint density at radius 2 is 2.10 bits per heavy atom. The Kier molecular flexibility index (Phi) is 3.93. The molecule has 1 aliphatic rings. The second-order valence-electron chi connectivity index (χ2n) is 5.20. The third-order valence-corrected chi connectivity index (χ3v) is 3.94. The van der Waals surface area contributed by atoms with Crippen LogP contribution in [0.15, 0.2) is 42.5 Å². The number of carbonyl (C=O) groups is 1. The zero-order valence-corrected chi connectivity index (χ0v) is 12.1. The van der Waals surface area contributed by atoms with Crippen LogP contribution in [0, 0.1) is 11.7 Å². The minimum Gasteiger partial charge on any atom is -0.493 e. The van der Waals surface area contributed by atoms with Crippen LogP contribution in [0.5, 0.6) is 5.75 Å². The van der Waals surface area contributed by atoms with Crippen LogP contribution in [0.2, 0.25) is 5.02 Å². The van der Waals surface area contributed by atoms with Gasteiger partial charge < -0.3 is 4.74 Å². The van der Waals surface area contributed by atoms with Gasteiger partial charge in [-0.05, 0) is 41.8 Å². The highest BCUT2D eigenvalue weighted by atomic mass is 35.5. The molecule has 0 saturated carbocycles. The average Bonchev–Trinajstić information content (AvgIpc) is 2.50. The van der Waals surface area contributed by atoms with Gasteiger partial charge in [-0.15, -0.1) is 0 Å². The predicted octanol–water partition coefficient (Wildman–Crippen LogP) is 3.84. The molecular formula is C17H14ClFO2. The Balaban J connectivity index is 1.74. The van der Waals surface area contributed by atoms with E-state index in [1.807, 2.05) is 24.3 Å². The maximum Gasteiger partial charge on any atom is 0.144 e. The van der Waals surface area contributed by atoms with Crippen LogP contribution in [-0.4, -0.2) is 12.4 Å². The lowest BCUT2D eigenvalue weighted by molar-refractivity contribution is -0.123. The summed E-state index contributed by atoms with van der Waals surface area (Å²) in [6.07, 6.45) is 0.680. The molecule has 0 N–H and O–H groups in total. The molecule has 1 atom stereocenters. The molecular weight excluding hydrogens is 291 g/mol. The molecule has 0 radical (unpaired) electrons. The molecule has 1 unspecified atom stereocenters. The molecule has 3 rings (SSSR count). The molecule has 2 nitrogen and oxygen atoms in total. The van der Waals surface area contributed by atoms with E-state index < -0.39 is 5.82 Å². The van der Waals surface area contributed by atoms with Gasteiger partial charge in [0.2, 0.25) is 0 Å². The van der Waals surface area contributed by atoms with Crippen molar-refractivity contribution < 1.29 is 13.9 Å². The number of rotatable bonds is 3. The van der Waals surface area contributed by atoms with E-state index in [2.05, 4.69) is 0 Å². The van der Waals surface area contributed by atoms with Crippen LogP contribution in [0.4, 0.5) is 4.39 Å². The van der Waals surface area contributed by atoms with Gasteiger partial charge in [0, 0.05) is 11.4 Å². The summed E-state index contributed by atoms with van der Waals surface area (Å²) in [5, 5.41) is 0.435. The van der Waals surface area contributed by atoms with Gasteiger partial charge in [0.15, 0.2) is 0 Å². The number of carbonyl (C=O) groups excluding carboxylic acids is 1. The van der Waals surface area contributed by atoms with E-state index in [1.54, 1.807) is 0 Å². The van der Waals surface area contributed by atoms with Crippen molar-refractivity contribution in [1.29, 1.82) is 0 Å². The van der Waals surface area contributed by atoms with E-state index in [0.29, 0.717) is 23.6 Å². The zero-order chi connectivity index (χ0) is 14.8. The molecule has 0 bridgehead atoms. The Morgan fingerprint density at radius 3 is 2.95 bits per heavy atom.